The molecule has 0 saturated carbocycles. The Morgan fingerprint density at radius 1 is 1.22 bits per heavy atom. The van der Waals surface area contributed by atoms with Gasteiger partial charge < -0.3 is 24.2 Å². The second-order valence-corrected chi connectivity index (χ2v) is 11.3. The number of fused-ring (bicyclic) bond motifs is 2. The summed E-state index contributed by atoms with van der Waals surface area (Å²) in [4.78, 5) is 17.2. The van der Waals surface area contributed by atoms with Crippen LogP contribution < -0.4 is 18.9 Å². The summed E-state index contributed by atoms with van der Waals surface area (Å²) in [6, 6.07) is 10.2. The van der Waals surface area contributed by atoms with Crippen LogP contribution in [0.3, 0.4) is 0 Å². The van der Waals surface area contributed by atoms with Crippen molar-refractivity contribution in [1.82, 2.24) is 9.80 Å². The molecule has 0 bridgehead atoms. The number of carbonyl (C=O) groups excluding carboxylic acids is 1. The predicted octanol–water partition coefficient (Wildman–Crippen LogP) is 2.14. The van der Waals surface area contributed by atoms with E-state index in [4.69, 9.17) is 14.2 Å². The first kappa shape index (κ1) is 26.1. The average molecular weight is 520 g/mol. The highest BCUT2D eigenvalue weighted by molar-refractivity contribution is 7.92. The van der Waals surface area contributed by atoms with Crippen LogP contribution in [0.5, 0.6) is 17.2 Å². The second-order valence-electron chi connectivity index (χ2n) is 9.56. The van der Waals surface area contributed by atoms with Crippen LogP contribution >= 0.6 is 0 Å². The molecule has 1 amide bonds. The van der Waals surface area contributed by atoms with Gasteiger partial charge in [0.15, 0.2) is 17.2 Å². The molecule has 3 atom stereocenters. The Labute approximate surface area is 211 Å². The summed E-state index contributed by atoms with van der Waals surface area (Å²) >= 11 is 0. The van der Waals surface area contributed by atoms with Gasteiger partial charge in [0.05, 0.1) is 30.2 Å². The fourth-order valence-corrected chi connectivity index (χ4v) is 5.02. The van der Waals surface area contributed by atoms with E-state index in [2.05, 4.69) is 9.62 Å². The number of ether oxygens (including phenoxy) is 3. The second kappa shape index (κ2) is 10.5. The first-order chi connectivity index (χ1) is 17.1. The minimum absolute atomic E-state index is 0.110. The molecule has 2 aromatic carbocycles. The lowest BCUT2D eigenvalue weighted by Gasteiger charge is -2.38. The molecule has 11 heteroatoms. The normalized spacial score (nSPS) is 20.4. The molecule has 4 rings (SSSR count). The molecular weight excluding hydrogens is 486 g/mol. The molecule has 196 valence electrons. The van der Waals surface area contributed by atoms with Crippen molar-refractivity contribution in [3.63, 3.8) is 0 Å². The minimum atomic E-state index is -3.61. The predicted molar refractivity (Wildman–Crippen MR) is 135 cm³/mol. The number of carbonyl (C=O) groups is 1. The van der Waals surface area contributed by atoms with Crippen LogP contribution in [0.15, 0.2) is 36.4 Å². The molecule has 0 saturated heterocycles. The van der Waals surface area contributed by atoms with Crippen molar-refractivity contribution >= 4 is 21.6 Å². The molecule has 2 aromatic rings. The molecule has 2 N–H and O–H groups in total. The summed E-state index contributed by atoms with van der Waals surface area (Å²) in [5.41, 5.74) is 1.50. The number of hydrogen-bond acceptors (Lipinski definition) is 8. The van der Waals surface area contributed by atoms with Gasteiger partial charge in [-0.15, -0.1) is 0 Å². The Hall–Kier alpha value is -3.02. The van der Waals surface area contributed by atoms with Crippen LogP contribution in [0.4, 0.5) is 5.69 Å². The minimum Gasteiger partial charge on any atom is -0.486 e. The quantitative estimate of drug-likeness (QED) is 0.545. The number of nitrogens with one attached hydrogen (secondary N) is 1. The van der Waals surface area contributed by atoms with Crippen molar-refractivity contribution in [3.8, 4) is 17.2 Å². The number of aliphatic hydroxyl groups is 1. The lowest BCUT2D eigenvalue weighted by molar-refractivity contribution is 0.0344. The summed E-state index contributed by atoms with van der Waals surface area (Å²) in [7, 11) is -1.64. The van der Waals surface area contributed by atoms with Crippen LogP contribution in [0.25, 0.3) is 0 Å². The van der Waals surface area contributed by atoms with Crippen molar-refractivity contribution in [2.24, 2.45) is 5.92 Å². The van der Waals surface area contributed by atoms with E-state index in [0.29, 0.717) is 25.4 Å². The molecule has 2 aliphatic heterocycles. The molecule has 2 aliphatic rings. The molecule has 2 heterocycles. The Bertz CT molecular complexity index is 1220. The third-order valence-electron chi connectivity index (χ3n) is 6.37. The first-order valence-electron chi connectivity index (χ1n) is 11.8. The maximum Gasteiger partial charge on any atom is 0.258 e. The van der Waals surface area contributed by atoms with Gasteiger partial charge in [0.1, 0.15) is 6.10 Å². The number of sulfonamides is 1. The number of para-hydroxylation sites is 1. The molecule has 0 unspecified atom stereocenters. The number of nitrogens with zero attached hydrogens (tertiary/aromatic N) is 2. The van der Waals surface area contributed by atoms with Crippen molar-refractivity contribution in [1.29, 1.82) is 0 Å². The van der Waals surface area contributed by atoms with Crippen LogP contribution in [-0.4, -0.2) is 81.2 Å². The number of anilines is 1. The number of benzene rings is 2. The molecule has 0 aromatic heterocycles. The topological polar surface area (TPSA) is 118 Å². The van der Waals surface area contributed by atoms with E-state index in [0.717, 1.165) is 17.6 Å². The highest BCUT2D eigenvalue weighted by atomic mass is 32.2. The molecule has 0 radical (unpaired) electrons. The highest BCUT2D eigenvalue weighted by Crippen LogP contribution is 2.36. The largest absolute Gasteiger partial charge is 0.486 e. The Balaban J connectivity index is 1.63. The summed E-state index contributed by atoms with van der Waals surface area (Å²) < 4.78 is 43.8. The summed E-state index contributed by atoms with van der Waals surface area (Å²) in [6.45, 7) is 5.31. The number of hydrogen-bond donors (Lipinski definition) is 2. The number of rotatable bonds is 8. The van der Waals surface area contributed by atoms with E-state index in [1.807, 2.05) is 32.2 Å². The van der Waals surface area contributed by atoms with Crippen LogP contribution in [0.1, 0.15) is 29.8 Å². The monoisotopic (exact) mass is 519 g/mol. The van der Waals surface area contributed by atoms with E-state index >= 15 is 0 Å². The fraction of sp³-hybridized carbons (Fsp3) is 0.480. The standard InChI is InChI=1S/C25H33N3O7S/c1-16-11-28(17(2)14-29)25(30)19-6-5-7-20(26-36(4,31)32)24(19)35-23(16)13-27(3)12-18-8-9-21-22(10-18)34-15-33-21/h5-10,16-17,23,26,29H,11-15H2,1-4H3/t16-,17+,23+/m0/s1. The van der Waals surface area contributed by atoms with Gasteiger partial charge in [-0.3, -0.25) is 14.4 Å². The van der Waals surface area contributed by atoms with Crippen molar-refractivity contribution in [3.05, 3.63) is 47.5 Å². The molecule has 0 fully saturated rings. The summed E-state index contributed by atoms with van der Waals surface area (Å²) in [6.07, 6.45) is 0.683. The lowest BCUT2D eigenvalue weighted by atomic mass is 9.99. The Morgan fingerprint density at radius 2 is 1.97 bits per heavy atom. The van der Waals surface area contributed by atoms with Crippen LogP contribution in [0.2, 0.25) is 0 Å². The maximum absolute atomic E-state index is 13.4. The third kappa shape index (κ3) is 5.85. The van der Waals surface area contributed by atoms with Gasteiger partial charge in [-0.2, -0.15) is 0 Å². The van der Waals surface area contributed by atoms with Gasteiger partial charge in [-0.25, -0.2) is 8.42 Å². The third-order valence-corrected chi connectivity index (χ3v) is 6.96. The van der Waals surface area contributed by atoms with E-state index in [9.17, 15) is 18.3 Å². The smallest absolute Gasteiger partial charge is 0.258 e. The molecular formula is C25H33N3O7S. The summed E-state index contributed by atoms with van der Waals surface area (Å²) in [5, 5.41) is 9.81. The fourth-order valence-electron chi connectivity index (χ4n) is 4.46. The van der Waals surface area contributed by atoms with E-state index < -0.39 is 16.1 Å². The van der Waals surface area contributed by atoms with Crippen molar-refractivity contribution in [2.75, 3.05) is 44.5 Å². The van der Waals surface area contributed by atoms with Crippen molar-refractivity contribution in [2.45, 2.75) is 32.5 Å². The number of likely N-dealkylation sites (N-methyl/N-ethyl adjacent to an activating group) is 1. The summed E-state index contributed by atoms with van der Waals surface area (Å²) in [5.74, 6) is 1.21. The molecule has 0 spiro atoms. The Morgan fingerprint density at radius 3 is 2.69 bits per heavy atom. The Kier molecular flexibility index (Phi) is 7.62. The van der Waals surface area contributed by atoms with Crippen LogP contribution in [0, 0.1) is 5.92 Å². The average Bonchev–Trinajstić information content (AvgIpc) is 3.28. The zero-order valence-electron chi connectivity index (χ0n) is 20.9. The molecule has 36 heavy (non-hydrogen) atoms. The molecule has 0 aliphatic carbocycles. The van der Waals surface area contributed by atoms with E-state index in [1.54, 1.807) is 30.0 Å². The zero-order valence-corrected chi connectivity index (χ0v) is 21.7. The van der Waals surface area contributed by atoms with Gasteiger partial charge in [0.2, 0.25) is 16.8 Å². The van der Waals surface area contributed by atoms with Crippen LogP contribution in [-0.2, 0) is 16.6 Å². The van der Waals surface area contributed by atoms with Gasteiger partial charge >= 0.3 is 0 Å². The number of aliphatic hydroxyl groups excluding tert-OH is 1. The van der Waals surface area contributed by atoms with Gasteiger partial charge in [-0.05, 0) is 43.8 Å². The molecule has 10 nitrogen and oxygen atoms in total. The highest BCUT2D eigenvalue weighted by Gasteiger charge is 2.34. The van der Waals surface area contributed by atoms with Crippen molar-refractivity contribution < 1.29 is 32.5 Å². The van der Waals surface area contributed by atoms with Gasteiger partial charge in [-0.1, -0.05) is 19.1 Å². The maximum atomic E-state index is 13.4. The van der Waals surface area contributed by atoms with E-state index in [1.165, 1.54) is 0 Å². The number of amides is 1. The van der Waals surface area contributed by atoms with Gasteiger partial charge in [0.25, 0.3) is 5.91 Å². The first-order valence-corrected chi connectivity index (χ1v) is 13.7. The lowest BCUT2D eigenvalue weighted by Crippen LogP contribution is -2.49. The van der Waals surface area contributed by atoms with Gasteiger partial charge in [0, 0.05) is 25.6 Å². The SMILES string of the molecule is C[C@H](CO)N1C[C@H](C)[C@@H](CN(C)Cc2ccc3c(c2)OCO3)Oc2c(NS(C)(=O)=O)cccc2C1=O. The van der Waals surface area contributed by atoms with E-state index in [-0.39, 0.29) is 48.3 Å². The zero-order chi connectivity index (χ0) is 26.0.